The van der Waals surface area contributed by atoms with Gasteiger partial charge in [0.05, 0.1) is 16.7 Å². The van der Waals surface area contributed by atoms with Crippen LogP contribution in [0.25, 0.3) is 11.1 Å². The van der Waals surface area contributed by atoms with E-state index in [1.165, 1.54) is 0 Å². The number of rotatable bonds is 5. The number of pyridine rings is 1. The fraction of sp³-hybridized carbons (Fsp3) is 0.250. The molecule has 0 radical (unpaired) electrons. The molecule has 1 aliphatic rings. The van der Waals surface area contributed by atoms with Crippen LogP contribution < -0.4 is 4.74 Å². The van der Waals surface area contributed by atoms with E-state index in [0.717, 1.165) is 22.4 Å². The van der Waals surface area contributed by atoms with E-state index in [1.807, 2.05) is 37.3 Å². The number of hydrogen-bond acceptors (Lipinski definition) is 5. The third kappa shape index (κ3) is 4.77. The van der Waals surface area contributed by atoms with E-state index in [0.29, 0.717) is 13.2 Å². The zero-order chi connectivity index (χ0) is 21.8. The summed E-state index contributed by atoms with van der Waals surface area (Å²) >= 11 is 0. The number of hydrogen-bond donors (Lipinski definition) is 0. The van der Waals surface area contributed by atoms with E-state index in [-0.39, 0.29) is 29.0 Å². The Morgan fingerprint density at radius 2 is 1.90 bits per heavy atom. The van der Waals surface area contributed by atoms with Crippen LogP contribution in [0.3, 0.4) is 0 Å². The fourth-order valence-electron chi connectivity index (χ4n) is 3.64. The Bertz CT molecular complexity index is 1160. The lowest BCUT2D eigenvalue weighted by molar-refractivity contribution is -0.133. The van der Waals surface area contributed by atoms with E-state index in [1.54, 1.807) is 47.6 Å². The summed E-state index contributed by atoms with van der Waals surface area (Å²) in [6.45, 7) is 2.64. The number of benzene rings is 2. The van der Waals surface area contributed by atoms with Gasteiger partial charge in [-0.1, -0.05) is 30.3 Å². The Labute approximate surface area is 182 Å². The Morgan fingerprint density at radius 1 is 1.10 bits per heavy atom. The molecule has 0 saturated heterocycles. The second-order valence-electron chi connectivity index (χ2n) is 7.63. The monoisotopic (exact) mass is 436 g/mol. The summed E-state index contributed by atoms with van der Waals surface area (Å²) in [5, 5.41) is 0. The molecule has 4 rings (SSSR count). The first kappa shape index (κ1) is 21.1. The fourth-order valence-corrected chi connectivity index (χ4v) is 4.89. The second-order valence-corrected chi connectivity index (χ2v) is 9.74. The van der Waals surface area contributed by atoms with Crippen LogP contribution in [0.2, 0.25) is 0 Å². The minimum atomic E-state index is -3.51. The first-order valence-corrected chi connectivity index (χ1v) is 11.8. The molecule has 1 aromatic heterocycles. The highest BCUT2D eigenvalue weighted by atomic mass is 32.2. The lowest BCUT2D eigenvalue weighted by Crippen LogP contribution is -2.40. The quantitative estimate of drug-likeness (QED) is 0.609. The van der Waals surface area contributed by atoms with Gasteiger partial charge in [0.2, 0.25) is 5.91 Å². The van der Waals surface area contributed by atoms with Crippen molar-refractivity contribution >= 4 is 15.7 Å². The Morgan fingerprint density at radius 3 is 2.65 bits per heavy atom. The zero-order valence-electron chi connectivity index (χ0n) is 17.3. The van der Waals surface area contributed by atoms with Crippen LogP contribution in [0.1, 0.15) is 18.9 Å². The maximum Gasteiger partial charge on any atom is 0.224 e. The molecule has 7 heteroatoms. The number of nitrogens with zero attached hydrogens (tertiary/aromatic N) is 2. The van der Waals surface area contributed by atoms with Crippen molar-refractivity contribution < 1.29 is 17.9 Å². The summed E-state index contributed by atoms with van der Waals surface area (Å²) < 4.78 is 31.1. The first-order chi connectivity index (χ1) is 14.9. The molecular formula is C24H24N2O4S. The molecular weight excluding hydrogens is 412 g/mol. The van der Waals surface area contributed by atoms with Gasteiger partial charge in [-0.05, 0) is 42.8 Å². The van der Waals surface area contributed by atoms with Crippen molar-refractivity contribution in [1.29, 1.82) is 0 Å². The van der Waals surface area contributed by atoms with E-state index < -0.39 is 9.84 Å². The normalized spacial score (nSPS) is 16.2. The highest BCUT2D eigenvalue weighted by Gasteiger charge is 2.27. The summed E-state index contributed by atoms with van der Waals surface area (Å²) in [7, 11) is -3.51. The lowest BCUT2D eigenvalue weighted by atomic mass is 10.0. The number of amides is 1. The summed E-state index contributed by atoms with van der Waals surface area (Å²) in [5.41, 5.74) is 2.86. The molecule has 6 nitrogen and oxygen atoms in total. The molecule has 0 fully saturated rings. The van der Waals surface area contributed by atoms with Gasteiger partial charge in [-0.15, -0.1) is 0 Å². The molecule has 1 aliphatic heterocycles. The van der Waals surface area contributed by atoms with E-state index in [2.05, 4.69) is 4.98 Å². The average molecular weight is 437 g/mol. The number of sulfone groups is 1. The molecule has 2 aromatic carbocycles. The molecule has 31 heavy (non-hydrogen) atoms. The van der Waals surface area contributed by atoms with Crippen molar-refractivity contribution in [3.63, 3.8) is 0 Å². The largest absolute Gasteiger partial charge is 0.491 e. The Kier molecular flexibility index (Phi) is 6.04. The lowest BCUT2D eigenvalue weighted by Gasteiger charge is -2.26. The van der Waals surface area contributed by atoms with Gasteiger partial charge in [-0.25, -0.2) is 8.42 Å². The van der Waals surface area contributed by atoms with Gasteiger partial charge in [-0.2, -0.15) is 0 Å². The van der Waals surface area contributed by atoms with Crippen LogP contribution in [0.15, 0.2) is 78.0 Å². The molecule has 0 unspecified atom stereocenters. The SMILES string of the molecule is C[C@H]1COc2ccc(-c3cccnc3)cc2CN1C(=O)CCS(=O)(=O)c1ccccc1. The molecule has 0 bridgehead atoms. The van der Waals surface area contributed by atoms with Crippen molar-refractivity contribution in [3.05, 3.63) is 78.6 Å². The second kappa shape index (κ2) is 8.89. The van der Waals surface area contributed by atoms with Gasteiger partial charge < -0.3 is 9.64 Å². The molecule has 0 aliphatic carbocycles. The third-order valence-corrected chi connectivity index (χ3v) is 7.15. The van der Waals surface area contributed by atoms with Gasteiger partial charge in [0.25, 0.3) is 0 Å². The number of aromatic nitrogens is 1. The van der Waals surface area contributed by atoms with Crippen LogP contribution >= 0.6 is 0 Å². The number of ether oxygens (including phenoxy) is 1. The van der Waals surface area contributed by atoms with Crippen molar-refractivity contribution in [3.8, 4) is 16.9 Å². The van der Waals surface area contributed by atoms with Crippen molar-refractivity contribution in [1.82, 2.24) is 9.88 Å². The third-order valence-electron chi connectivity index (χ3n) is 5.42. The van der Waals surface area contributed by atoms with Crippen molar-refractivity contribution in [2.24, 2.45) is 0 Å². The Hall–Kier alpha value is -3.19. The number of carbonyl (C=O) groups excluding carboxylic acids is 1. The van der Waals surface area contributed by atoms with Crippen molar-refractivity contribution in [2.45, 2.75) is 30.8 Å². The van der Waals surface area contributed by atoms with Crippen LogP contribution in [-0.2, 0) is 21.2 Å². The van der Waals surface area contributed by atoms with E-state index >= 15 is 0 Å². The maximum absolute atomic E-state index is 13.0. The van der Waals surface area contributed by atoms with Crippen LogP contribution in [0, 0.1) is 0 Å². The molecule has 0 saturated carbocycles. The Balaban J connectivity index is 1.52. The summed E-state index contributed by atoms with van der Waals surface area (Å²) in [4.78, 5) is 19.1. The van der Waals surface area contributed by atoms with Crippen molar-refractivity contribution in [2.75, 3.05) is 12.4 Å². The molecule has 3 aromatic rings. The summed E-state index contributed by atoms with van der Waals surface area (Å²) in [6.07, 6.45) is 3.44. The van der Waals surface area contributed by atoms with Gasteiger partial charge in [0.1, 0.15) is 12.4 Å². The number of fused-ring (bicyclic) bond motifs is 1. The minimum Gasteiger partial charge on any atom is -0.491 e. The maximum atomic E-state index is 13.0. The highest BCUT2D eigenvalue weighted by Crippen LogP contribution is 2.30. The summed E-state index contributed by atoms with van der Waals surface area (Å²) in [6, 6.07) is 17.8. The van der Waals surface area contributed by atoms with Gasteiger partial charge in [0, 0.05) is 36.5 Å². The highest BCUT2D eigenvalue weighted by molar-refractivity contribution is 7.91. The van der Waals surface area contributed by atoms with Gasteiger partial charge >= 0.3 is 0 Å². The zero-order valence-corrected chi connectivity index (χ0v) is 18.1. The van der Waals surface area contributed by atoms with Gasteiger partial charge in [0.15, 0.2) is 9.84 Å². The van der Waals surface area contributed by atoms with Gasteiger partial charge in [-0.3, -0.25) is 9.78 Å². The molecule has 0 N–H and O–H groups in total. The minimum absolute atomic E-state index is 0.0702. The average Bonchev–Trinajstić information content (AvgIpc) is 2.97. The smallest absolute Gasteiger partial charge is 0.224 e. The first-order valence-electron chi connectivity index (χ1n) is 10.2. The molecule has 160 valence electrons. The molecule has 0 spiro atoms. The van der Waals surface area contributed by atoms with Crippen LogP contribution in [-0.4, -0.2) is 42.6 Å². The topological polar surface area (TPSA) is 76.6 Å². The van der Waals surface area contributed by atoms with Crippen LogP contribution in [0.5, 0.6) is 5.75 Å². The molecule has 1 amide bonds. The van der Waals surface area contributed by atoms with E-state index in [9.17, 15) is 13.2 Å². The molecule has 1 atom stereocenters. The number of carbonyl (C=O) groups is 1. The predicted molar refractivity (Wildman–Crippen MR) is 118 cm³/mol. The standard InChI is InChI=1S/C24H24N2O4S/c1-18-17-30-23-10-9-19(20-6-5-12-25-15-20)14-21(23)16-26(18)24(27)11-13-31(28,29)22-7-3-2-4-8-22/h2-10,12,14-15,18H,11,13,16-17H2,1H3/t18-/m0/s1. The summed E-state index contributed by atoms with van der Waals surface area (Å²) in [5.74, 6) is 0.324. The molecule has 2 heterocycles. The predicted octanol–water partition coefficient (Wildman–Crippen LogP) is 3.72. The van der Waals surface area contributed by atoms with Crippen LogP contribution in [0.4, 0.5) is 0 Å². The van der Waals surface area contributed by atoms with E-state index in [4.69, 9.17) is 4.74 Å².